The van der Waals surface area contributed by atoms with E-state index >= 15 is 0 Å². The molecule has 3 rings (SSSR count). The standard InChI is InChI=1S/C14H13N3O2S/c15-13-7-6-12(17(18)19)14(16-13)20-11-5-4-9-2-1-3-10(9)8-11/h4-8H,1-3H2,(H2,15,16). The van der Waals surface area contributed by atoms with Crippen molar-refractivity contribution in [3.63, 3.8) is 0 Å². The van der Waals surface area contributed by atoms with Crippen LogP contribution in [0.15, 0.2) is 40.3 Å². The summed E-state index contributed by atoms with van der Waals surface area (Å²) in [5, 5.41) is 11.4. The van der Waals surface area contributed by atoms with Crippen LogP contribution in [0.5, 0.6) is 0 Å². The number of pyridine rings is 1. The summed E-state index contributed by atoms with van der Waals surface area (Å²) in [5.74, 6) is 0.291. The molecular formula is C14H13N3O2S. The Labute approximate surface area is 120 Å². The van der Waals surface area contributed by atoms with Crippen molar-refractivity contribution in [1.29, 1.82) is 0 Å². The SMILES string of the molecule is Nc1ccc([N+](=O)[O-])c(Sc2ccc3c(c2)CCC3)n1. The van der Waals surface area contributed by atoms with E-state index in [1.165, 1.54) is 41.4 Å². The summed E-state index contributed by atoms with van der Waals surface area (Å²) in [6.07, 6.45) is 3.38. The van der Waals surface area contributed by atoms with Crippen molar-refractivity contribution in [1.82, 2.24) is 4.98 Å². The molecule has 0 unspecified atom stereocenters. The summed E-state index contributed by atoms with van der Waals surface area (Å²) in [7, 11) is 0. The Kier molecular flexibility index (Phi) is 3.31. The Balaban J connectivity index is 1.95. The number of benzene rings is 1. The number of nitrogen functional groups attached to an aromatic ring is 1. The van der Waals surface area contributed by atoms with Crippen LogP contribution in [-0.2, 0) is 12.8 Å². The molecule has 1 aromatic carbocycles. The van der Waals surface area contributed by atoms with E-state index in [1.807, 2.05) is 6.07 Å². The Morgan fingerprint density at radius 3 is 2.80 bits per heavy atom. The van der Waals surface area contributed by atoms with Crippen molar-refractivity contribution in [2.75, 3.05) is 5.73 Å². The number of anilines is 1. The predicted octanol–water partition coefficient (Wildman–Crippen LogP) is 3.21. The molecule has 0 bridgehead atoms. The van der Waals surface area contributed by atoms with Gasteiger partial charge in [0.1, 0.15) is 5.82 Å². The lowest BCUT2D eigenvalue weighted by Gasteiger charge is -2.05. The maximum absolute atomic E-state index is 11.0. The first kappa shape index (κ1) is 12.9. The summed E-state index contributed by atoms with van der Waals surface area (Å²) in [6.45, 7) is 0. The zero-order chi connectivity index (χ0) is 14.1. The molecule has 1 aromatic heterocycles. The molecule has 0 aliphatic heterocycles. The zero-order valence-corrected chi connectivity index (χ0v) is 11.5. The average Bonchev–Trinajstić information content (AvgIpc) is 2.85. The van der Waals surface area contributed by atoms with E-state index in [9.17, 15) is 10.1 Å². The third-order valence-electron chi connectivity index (χ3n) is 3.34. The van der Waals surface area contributed by atoms with Crippen molar-refractivity contribution < 1.29 is 4.92 Å². The molecule has 1 aliphatic rings. The van der Waals surface area contributed by atoms with E-state index in [0.29, 0.717) is 10.8 Å². The maximum atomic E-state index is 11.0. The lowest BCUT2D eigenvalue weighted by Crippen LogP contribution is -1.97. The van der Waals surface area contributed by atoms with Crippen molar-refractivity contribution in [3.8, 4) is 0 Å². The molecule has 20 heavy (non-hydrogen) atoms. The van der Waals surface area contributed by atoms with Crippen LogP contribution in [0.3, 0.4) is 0 Å². The van der Waals surface area contributed by atoms with Gasteiger partial charge in [-0.25, -0.2) is 4.98 Å². The number of rotatable bonds is 3. The lowest BCUT2D eigenvalue weighted by molar-refractivity contribution is -0.388. The number of nitrogens with zero attached hydrogens (tertiary/aromatic N) is 2. The topological polar surface area (TPSA) is 82.0 Å². The molecule has 0 amide bonds. The van der Waals surface area contributed by atoms with E-state index in [2.05, 4.69) is 17.1 Å². The van der Waals surface area contributed by atoms with Crippen molar-refractivity contribution >= 4 is 23.3 Å². The van der Waals surface area contributed by atoms with Gasteiger partial charge in [0.05, 0.1) is 4.92 Å². The van der Waals surface area contributed by atoms with Gasteiger partial charge < -0.3 is 5.73 Å². The van der Waals surface area contributed by atoms with Crippen LogP contribution < -0.4 is 5.73 Å². The van der Waals surface area contributed by atoms with Gasteiger partial charge >= 0.3 is 5.69 Å². The van der Waals surface area contributed by atoms with Gasteiger partial charge in [-0.2, -0.15) is 0 Å². The zero-order valence-electron chi connectivity index (χ0n) is 10.7. The van der Waals surface area contributed by atoms with Crippen molar-refractivity contribution in [2.45, 2.75) is 29.2 Å². The van der Waals surface area contributed by atoms with E-state index in [0.717, 1.165) is 17.7 Å². The number of nitrogens with two attached hydrogens (primary N) is 1. The molecule has 2 aromatic rings. The summed E-state index contributed by atoms with van der Waals surface area (Å²) in [6, 6.07) is 9.04. The van der Waals surface area contributed by atoms with Crippen LogP contribution in [0.4, 0.5) is 11.5 Å². The summed E-state index contributed by atoms with van der Waals surface area (Å²) in [5.41, 5.74) is 8.33. The van der Waals surface area contributed by atoms with E-state index in [1.54, 1.807) is 0 Å². The molecule has 0 radical (unpaired) electrons. The molecule has 1 aliphatic carbocycles. The van der Waals surface area contributed by atoms with Crippen LogP contribution >= 0.6 is 11.8 Å². The van der Waals surface area contributed by atoms with Crippen molar-refractivity contribution in [2.24, 2.45) is 0 Å². The van der Waals surface area contributed by atoms with Gasteiger partial charge in [0, 0.05) is 11.0 Å². The second-order valence-corrected chi connectivity index (χ2v) is 5.77. The number of fused-ring (bicyclic) bond motifs is 1. The van der Waals surface area contributed by atoms with Gasteiger partial charge in [0.25, 0.3) is 0 Å². The second kappa shape index (κ2) is 5.13. The van der Waals surface area contributed by atoms with Gasteiger partial charge in [-0.05, 0) is 48.6 Å². The molecule has 102 valence electrons. The minimum atomic E-state index is -0.428. The third kappa shape index (κ3) is 2.46. The highest BCUT2D eigenvalue weighted by molar-refractivity contribution is 7.99. The molecular weight excluding hydrogens is 274 g/mol. The van der Waals surface area contributed by atoms with E-state index in [-0.39, 0.29) is 5.69 Å². The maximum Gasteiger partial charge on any atom is 0.301 e. The van der Waals surface area contributed by atoms with Crippen molar-refractivity contribution in [3.05, 3.63) is 51.6 Å². The summed E-state index contributed by atoms with van der Waals surface area (Å²) < 4.78 is 0. The molecule has 0 saturated carbocycles. The lowest BCUT2D eigenvalue weighted by atomic mass is 10.1. The Bertz CT molecular complexity index is 688. The summed E-state index contributed by atoms with van der Waals surface area (Å²) >= 11 is 1.29. The Hall–Kier alpha value is -2.08. The van der Waals surface area contributed by atoms with E-state index in [4.69, 9.17) is 5.73 Å². The van der Waals surface area contributed by atoms with Crippen LogP contribution in [0.25, 0.3) is 0 Å². The largest absolute Gasteiger partial charge is 0.384 e. The first-order valence-corrected chi connectivity index (χ1v) is 7.16. The molecule has 6 heteroatoms. The summed E-state index contributed by atoms with van der Waals surface area (Å²) in [4.78, 5) is 15.6. The number of hydrogen-bond donors (Lipinski definition) is 1. The fourth-order valence-electron chi connectivity index (χ4n) is 2.38. The van der Waals surface area contributed by atoms with Crippen LogP contribution in [0.1, 0.15) is 17.5 Å². The molecule has 1 heterocycles. The fourth-order valence-corrected chi connectivity index (χ4v) is 3.34. The highest BCUT2D eigenvalue weighted by Gasteiger charge is 2.18. The smallest absolute Gasteiger partial charge is 0.301 e. The number of aryl methyl sites for hydroxylation is 2. The number of hydrogen-bond acceptors (Lipinski definition) is 5. The first-order chi connectivity index (χ1) is 9.63. The number of aromatic nitrogens is 1. The quantitative estimate of drug-likeness (QED) is 0.692. The minimum absolute atomic E-state index is 0.00954. The van der Waals surface area contributed by atoms with Crippen LogP contribution in [0.2, 0.25) is 0 Å². The molecule has 0 saturated heterocycles. The first-order valence-electron chi connectivity index (χ1n) is 6.34. The van der Waals surface area contributed by atoms with Crippen LogP contribution in [0, 0.1) is 10.1 Å². The van der Waals surface area contributed by atoms with Gasteiger partial charge in [-0.15, -0.1) is 0 Å². The monoisotopic (exact) mass is 287 g/mol. The molecule has 2 N–H and O–H groups in total. The Morgan fingerprint density at radius 2 is 2.00 bits per heavy atom. The van der Waals surface area contributed by atoms with Gasteiger partial charge in [0.15, 0.2) is 5.03 Å². The molecule has 0 atom stereocenters. The molecule has 0 fully saturated rings. The second-order valence-electron chi connectivity index (χ2n) is 4.70. The highest BCUT2D eigenvalue weighted by Crippen LogP contribution is 2.35. The van der Waals surface area contributed by atoms with Gasteiger partial charge in [-0.1, -0.05) is 17.8 Å². The molecule has 0 spiro atoms. The normalized spacial score (nSPS) is 13.2. The van der Waals surface area contributed by atoms with Gasteiger partial charge in [-0.3, -0.25) is 10.1 Å². The highest BCUT2D eigenvalue weighted by atomic mass is 32.2. The molecule has 5 nitrogen and oxygen atoms in total. The minimum Gasteiger partial charge on any atom is -0.384 e. The fraction of sp³-hybridized carbons (Fsp3) is 0.214. The predicted molar refractivity (Wildman–Crippen MR) is 77.9 cm³/mol. The van der Waals surface area contributed by atoms with E-state index < -0.39 is 4.92 Å². The number of nitro groups is 1. The third-order valence-corrected chi connectivity index (χ3v) is 4.33. The Morgan fingerprint density at radius 1 is 1.20 bits per heavy atom. The van der Waals surface area contributed by atoms with Gasteiger partial charge in [0.2, 0.25) is 0 Å². The average molecular weight is 287 g/mol. The van der Waals surface area contributed by atoms with Crippen LogP contribution in [-0.4, -0.2) is 9.91 Å².